The molecule has 1 saturated heterocycles. The fourth-order valence-corrected chi connectivity index (χ4v) is 3.41. The number of nitrogens with zero attached hydrogens (tertiary/aromatic N) is 1. The Labute approximate surface area is 121 Å². The summed E-state index contributed by atoms with van der Waals surface area (Å²) in [5, 5.41) is 3.27. The summed E-state index contributed by atoms with van der Waals surface area (Å²) in [6.45, 7) is 6.91. The van der Waals surface area contributed by atoms with Gasteiger partial charge in [-0.3, -0.25) is 0 Å². The standard InChI is InChI=1S/C14H22N2O3S/c1-12(2)11-15-13-3-5-14(6-4-13)20(17,18)16-7-9-19-10-8-16/h3-6,12,15H,7-11H2,1-2H3. The molecule has 0 radical (unpaired) electrons. The van der Waals surface area contributed by atoms with E-state index in [0.29, 0.717) is 37.1 Å². The fourth-order valence-electron chi connectivity index (χ4n) is 2.00. The second-order valence-electron chi connectivity index (χ2n) is 5.32. The van der Waals surface area contributed by atoms with E-state index in [9.17, 15) is 8.42 Å². The summed E-state index contributed by atoms with van der Waals surface area (Å²) in [6, 6.07) is 6.95. The number of rotatable bonds is 5. The van der Waals surface area contributed by atoms with E-state index >= 15 is 0 Å². The molecule has 0 bridgehead atoms. The Morgan fingerprint density at radius 3 is 2.35 bits per heavy atom. The molecule has 20 heavy (non-hydrogen) atoms. The quantitative estimate of drug-likeness (QED) is 0.900. The van der Waals surface area contributed by atoms with Crippen molar-refractivity contribution in [1.29, 1.82) is 0 Å². The van der Waals surface area contributed by atoms with Gasteiger partial charge >= 0.3 is 0 Å². The number of sulfonamides is 1. The zero-order chi connectivity index (χ0) is 14.6. The molecule has 1 heterocycles. The first-order valence-corrected chi connectivity index (χ1v) is 8.36. The molecule has 1 N–H and O–H groups in total. The van der Waals surface area contributed by atoms with Crippen molar-refractivity contribution in [3.05, 3.63) is 24.3 Å². The number of anilines is 1. The second kappa shape index (κ2) is 6.56. The first-order valence-electron chi connectivity index (χ1n) is 6.92. The lowest BCUT2D eigenvalue weighted by atomic mass is 10.2. The highest BCUT2D eigenvalue weighted by molar-refractivity contribution is 7.89. The van der Waals surface area contributed by atoms with Gasteiger partial charge in [0.15, 0.2) is 0 Å². The van der Waals surface area contributed by atoms with Gasteiger partial charge in [0.2, 0.25) is 10.0 Å². The normalized spacial score (nSPS) is 17.4. The average molecular weight is 298 g/mol. The first kappa shape index (κ1) is 15.3. The third kappa shape index (κ3) is 3.71. The lowest BCUT2D eigenvalue weighted by molar-refractivity contribution is 0.0730. The Bertz CT molecular complexity index is 520. The van der Waals surface area contributed by atoms with Gasteiger partial charge in [0.1, 0.15) is 0 Å². The topological polar surface area (TPSA) is 58.6 Å². The Hall–Kier alpha value is -1.11. The van der Waals surface area contributed by atoms with Crippen LogP contribution in [0, 0.1) is 5.92 Å². The van der Waals surface area contributed by atoms with Gasteiger partial charge in [-0.25, -0.2) is 8.42 Å². The Balaban J connectivity index is 2.08. The van der Waals surface area contributed by atoms with Gasteiger partial charge in [0.25, 0.3) is 0 Å². The number of ether oxygens (including phenoxy) is 1. The van der Waals surface area contributed by atoms with Crippen LogP contribution < -0.4 is 5.32 Å². The van der Waals surface area contributed by atoms with E-state index in [1.54, 1.807) is 12.1 Å². The van der Waals surface area contributed by atoms with Crippen molar-refractivity contribution in [2.24, 2.45) is 5.92 Å². The molecule has 1 fully saturated rings. The molecule has 0 saturated carbocycles. The largest absolute Gasteiger partial charge is 0.385 e. The summed E-state index contributed by atoms with van der Waals surface area (Å²) in [5.41, 5.74) is 0.944. The zero-order valence-corrected chi connectivity index (χ0v) is 12.8. The van der Waals surface area contributed by atoms with Crippen LogP contribution in [0.4, 0.5) is 5.69 Å². The molecule has 112 valence electrons. The molecule has 0 atom stereocenters. The Morgan fingerprint density at radius 1 is 1.20 bits per heavy atom. The Morgan fingerprint density at radius 2 is 1.80 bits per heavy atom. The van der Waals surface area contributed by atoms with Gasteiger partial charge in [-0.1, -0.05) is 13.8 Å². The highest BCUT2D eigenvalue weighted by atomic mass is 32.2. The number of hydrogen-bond acceptors (Lipinski definition) is 4. The molecule has 1 aliphatic rings. The molecule has 0 spiro atoms. The molecule has 0 aromatic heterocycles. The van der Waals surface area contributed by atoms with E-state index < -0.39 is 10.0 Å². The molecule has 0 unspecified atom stereocenters. The second-order valence-corrected chi connectivity index (χ2v) is 7.25. The lowest BCUT2D eigenvalue weighted by Crippen LogP contribution is -2.40. The predicted molar refractivity (Wildman–Crippen MR) is 79.3 cm³/mol. The van der Waals surface area contributed by atoms with Gasteiger partial charge in [-0.05, 0) is 30.2 Å². The summed E-state index contributed by atoms with van der Waals surface area (Å²) < 4.78 is 31.5. The number of morpholine rings is 1. The summed E-state index contributed by atoms with van der Waals surface area (Å²) in [7, 11) is -3.38. The van der Waals surface area contributed by atoms with E-state index in [0.717, 1.165) is 12.2 Å². The van der Waals surface area contributed by atoms with Crippen LogP contribution in [-0.2, 0) is 14.8 Å². The maximum Gasteiger partial charge on any atom is 0.243 e. The van der Waals surface area contributed by atoms with Crippen molar-refractivity contribution in [3.63, 3.8) is 0 Å². The van der Waals surface area contributed by atoms with Crippen molar-refractivity contribution in [1.82, 2.24) is 4.31 Å². The number of benzene rings is 1. The summed E-state index contributed by atoms with van der Waals surface area (Å²) >= 11 is 0. The van der Waals surface area contributed by atoms with Crippen LogP contribution in [0.3, 0.4) is 0 Å². The van der Waals surface area contributed by atoms with Crippen LogP contribution in [0.25, 0.3) is 0 Å². The van der Waals surface area contributed by atoms with Crippen LogP contribution in [0.1, 0.15) is 13.8 Å². The minimum atomic E-state index is -3.38. The van der Waals surface area contributed by atoms with Gasteiger partial charge in [-0.15, -0.1) is 0 Å². The van der Waals surface area contributed by atoms with E-state index in [4.69, 9.17) is 4.74 Å². The molecule has 2 rings (SSSR count). The maximum absolute atomic E-state index is 12.4. The minimum absolute atomic E-state index is 0.342. The van der Waals surface area contributed by atoms with Crippen molar-refractivity contribution in [3.8, 4) is 0 Å². The summed E-state index contributed by atoms with van der Waals surface area (Å²) in [4.78, 5) is 0.342. The maximum atomic E-state index is 12.4. The summed E-state index contributed by atoms with van der Waals surface area (Å²) in [5.74, 6) is 0.548. The molecular formula is C14H22N2O3S. The molecular weight excluding hydrogens is 276 g/mol. The number of hydrogen-bond donors (Lipinski definition) is 1. The average Bonchev–Trinajstić information content (AvgIpc) is 2.46. The van der Waals surface area contributed by atoms with Crippen molar-refractivity contribution >= 4 is 15.7 Å². The number of nitrogens with one attached hydrogen (secondary N) is 1. The lowest BCUT2D eigenvalue weighted by Gasteiger charge is -2.26. The Kier molecular flexibility index (Phi) is 5.01. The highest BCUT2D eigenvalue weighted by Gasteiger charge is 2.25. The van der Waals surface area contributed by atoms with Gasteiger partial charge < -0.3 is 10.1 Å². The monoisotopic (exact) mass is 298 g/mol. The molecule has 1 aromatic carbocycles. The van der Waals surface area contributed by atoms with Gasteiger partial charge in [0, 0.05) is 25.3 Å². The fraction of sp³-hybridized carbons (Fsp3) is 0.571. The van der Waals surface area contributed by atoms with Crippen LogP contribution in [0.2, 0.25) is 0 Å². The van der Waals surface area contributed by atoms with E-state index in [2.05, 4.69) is 19.2 Å². The van der Waals surface area contributed by atoms with Crippen LogP contribution >= 0.6 is 0 Å². The predicted octanol–water partition coefficient (Wildman–Crippen LogP) is 1.78. The summed E-state index contributed by atoms with van der Waals surface area (Å²) in [6.07, 6.45) is 0. The van der Waals surface area contributed by atoms with E-state index in [1.807, 2.05) is 12.1 Å². The van der Waals surface area contributed by atoms with Crippen LogP contribution in [-0.4, -0.2) is 45.6 Å². The minimum Gasteiger partial charge on any atom is -0.385 e. The first-order chi connectivity index (χ1) is 9.50. The van der Waals surface area contributed by atoms with Gasteiger partial charge in [0.05, 0.1) is 18.1 Å². The molecule has 6 heteroatoms. The third-order valence-corrected chi connectivity index (χ3v) is 5.09. The third-order valence-electron chi connectivity index (χ3n) is 3.18. The SMILES string of the molecule is CC(C)CNc1ccc(S(=O)(=O)N2CCOCC2)cc1. The highest BCUT2D eigenvalue weighted by Crippen LogP contribution is 2.19. The van der Waals surface area contributed by atoms with E-state index in [1.165, 1.54) is 4.31 Å². The molecule has 0 amide bonds. The molecule has 1 aliphatic heterocycles. The van der Waals surface area contributed by atoms with Crippen LogP contribution in [0.5, 0.6) is 0 Å². The molecule has 0 aliphatic carbocycles. The van der Waals surface area contributed by atoms with Gasteiger partial charge in [-0.2, -0.15) is 4.31 Å². The molecule has 1 aromatic rings. The van der Waals surface area contributed by atoms with Crippen molar-refractivity contribution < 1.29 is 13.2 Å². The van der Waals surface area contributed by atoms with Crippen LogP contribution in [0.15, 0.2) is 29.2 Å². The smallest absolute Gasteiger partial charge is 0.243 e. The van der Waals surface area contributed by atoms with Crippen molar-refractivity contribution in [2.45, 2.75) is 18.7 Å². The molecule has 5 nitrogen and oxygen atoms in total. The van der Waals surface area contributed by atoms with Crippen molar-refractivity contribution in [2.75, 3.05) is 38.2 Å². The zero-order valence-electron chi connectivity index (χ0n) is 12.0. The van der Waals surface area contributed by atoms with E-state index in [-0.39, 0.29) is 0 Å².